The molecular weight excluding hydrogens is 177 g/mol. The highest BCUT2D eigenvalue weighted by Crippen LogP contribution is 2.15. The van der Waals surface area contributed by atoms with Gasteiger partial charge in [-0.25, -0.2) is 9.37 Å². The van der Waals surface area contributed by atoms with Crippen LogP contribution in [0.1, 0.15) is 0 Å². The van der Waals surface area contributed by atoms with Gasteiger partial charge in [0, 0.05) is 17.2 Å². The van der Waals surface area contributed by atoms with Gasteiger partial charge in [-0.15, -0.1) is 11.8 Å². The van der Waals surface area contributed by atoms with Crippen molar-refractivity contribution < 1.29 is 9.13 Å². The molecule has 0 aliphatic carbocycles. The third kappa shape index (κ3) is 2.70. The summed E-state index contributed by atoms with van der Waals surface area (Å²) >= 11 is 1.61. The molecule has 12 heavy (non-hydrogen) atoms. The molecule has 0 saturated heterocycles. The van der Waals surface area contributed by atoms with Crippen molar-refractivity contribution in [3.05, 3.63) is 18.3 Å². The van der Waals surface area contributed by atoms with Gasteiger partial charge in [-0.3, -0.25) is 0 Å². The van der Waals surface area contributed by atoms with Crippen LogP contribution < -0.4 is 4.74 Å². The molecule has 0 aromatic carbocycles. The molecule has 0 radical (unpaired) electrons. The Kier molecular flexibility index (Phi) is 3.87. The minimum atomic E-state index is -0.480. The van der Waals surface area contributed by atoms with Crippen LogP contribution in [0.15, 0.2) is 23.2 Å². The number of aromatic nitrogens is 1. The van der Waals surface area contributed by atoms with Crippen molar-refractivity contribution in [3.63, 3.8) is 0 Å². The molecular formula is C8H10FNOS. The van der Waals surface area contributed by atoms with Gasteiger partial charge in [0.25, 0.3) is 0 Å². The van der Waals surface area contributed by atoms with Crippen molar-refractivity contribution in [3.8, 4) is 5.88 Å². The molecule has 1 aromatic rings. The van der Waals surface area contributed by atoms with Crippen molar-refractivity contribution in [2.75, 3.05) is 19.5 Å². The predicted molar refractivity (Wildman–Crippen MR) is 47.5 cm³/mol. The molecule has 0 bridgehead atoms. The summed E-state index contributed by atoms with van der Waals surface area (Å²) in [6, 6.07) is 3.63. The van der Waals surface area contributed by atoms with Crippen molar-refractivity contribution in [1.29, 1.82) is 0 Å². The molecule has 0 amide bonds. The Hall–Kier alpha value is -0.770. The lowest BCUT2D eigenvalue weighted by Crippen LogP contribution is -1.99. The zero-order valence-electron chi connectivity index (χ0n) is 6.79. The number of halogens is 1. The van der Waals surface area contributed by atoms with Crippen molar-refractivity contribution >= 4 is 11.8 Å². The highest BCUT2D eigenvalue weighted by Gasteiger charge is 1.94. The van der Waals surface area contributed by atoms with E-state index in [4.69, 9.17) is 4.74 Å². The number of hydrogen-bond acceptors (Lipinski definition) is 3. The summed E-state index contributed by atoms with van der Waals surface area (Å²) in [6.07, 6.45) is 3.68. The summed E-state index contributed by atoms with van der Waals surface area (Å²) in [5.41, 5.74) is 0. The summed E-state index contributed by atoms with van der Waals surface area (Å²) in [5.74, 6) is 0.477. The van der Waals surface area contributed by atoms with Crippen LogP contribution in [0.3, 0.4) is 0 Å². The monoisotopic (exact) mass is 187 g/mol. The van der Waals surface area contributed by atoms with Gasteiger partial charge < -0.3 is 4.74 Å². The Balaban J connectivity index is 2.53. The van der Waals surface area contributed by atoms with Gasteiger partial charge in [0.05, 0.1) is 0 Å². The Labute approximate surface area is 75.1 Å². The van der Waals surface area contributed by atoms with Crippen LogP contribution in [-0.4, -0.2) is 24.5 Å². The van der Waals surface area contributed by atoms with E-state index in [1.807, 2.05) is 12.3 Å². The summed E-state index contributed by atoms with van der Waals surface area (Å²) in [5, 5.41) is 0. The number of pyridine rings is 1. The molecule has 0 aliphatic rings. The number of nitrogens with zero attached hydrogens (tertiary/aromatic N) is 1. The maximum Gasteiger partial charge on any atom is 0.213 e. The molecule has 0 spiro atoms. The van der Waals surface area contributed by atoms with Crippen LogP contribution in [0.4, 0.5) is 4.39 Å². The smallest absolute Gasteiger partial charge is 0.213 e. The van der Waals surface area contributed by atoms with Crippen LogP contribution >= 0.6 is 11.8 Å². The Morgan fingerprint density at radius 3 is 2.92 bits per heavy atom. The minimum Gasteiger partial charge on any atom is -0.475 e. The van der Waals surface area contributed by atoms with E-state index < -0.39 is 6.67 Å². The zero-order valence-corrected chi connectivity index (χ0v) is 7.60. The fourth-order valence-electron chi connectivity index (χ4n) is 0.716. The standard InChI is InChI=1S/C8H10FNOS/c1-12-7-2-3-8(10-6-7)11-5-4-9/h2-3,6H,4-5H2,1H3. The fourth-order valence-corrected chi connectivity index (χ4v) is 1.08. The fraction of sp³-hybridized carbons (Fsp3) is 0.375. The summed E-state index contributed by atoms with van der Waals surface area (Å²) in [7, 11) is 0. The van der Waals surface area contributed by atoms with E-state index >= 15 is 0 Å². The van der Waals surface area contributed by atoms with Crippen LogP contribution in [0.5, 0.6) is 5.88 Å². The van der Waals surface area contributed by atoms with E-state index in [0.717, 1.165) is 4.90 Å². The Morgan fingerprint density at radius 2 is 2.42 bits per heavy atom. The van der Waals surface area contributed by atoms with Crippen LogP contribution in [0.25, 0.3) is 0 Å². The Bertz CT molecular complexity index is 227. The lowest BCUT2D eigenvalue weighted by atomic mass is 10.5. The lowest BCUT2D eigenvalue weighted by Gasteiger charge is -2.01. The maximum atomic E-state index is 11.7. The topological polar surface area (TPSA) is 22.1 Å². The molecule has 0 atom stereocenters. The van der Waals surface area contributed by atoms with Gasteiger partial charge >= 0.3 is 0 Å². The molecule has 1 rings (SSSR count). The van der Waals surface area contributed by atoms with E-state index in [9.17, 15) is 4.39 Å². The van der Waals surface area contributed by atoms with Crippen molar-refractivity contribution in [2.45, 2.75) is 4.90 Å². The van der Waals surface area contributed by atoms with Crippen molar-refractivity contribution in [2.24, 2.45) is 0 Å². The van der Waals surface area contributed by atoms with Crippen LogP contribution in [-0.2, 0) is 0 Å². The quantitative estimate of drug-likeness (QED) is 0.674. The SMILES string of the molecule is CSc1ccc(OCCF)nc1. The normalized spacial score (nSPS) is 9.83. The van der Waals surface area contributed by atoms with E-state index in [0.29, 0.717) is 5.88 Å². The van der Waals surface area contributed by atoms with E-state index in [-0.39, 0.29) is 6.61 Å². The van der Waals surface area contributed by atoms with Crippen LogP contribution in [0, 0.1) is 0 Å². The molecule has 66 valence electrons. The molecule has 0 aliphatic heterocycles. The van der Waals surface area contributed by atoms with Crippen LogP contribution in [0.2, 0.25) is 0 Å². The summed E-state index contributed by atoms with van der Waals surface area (Å²) in [6.45, 7) is -0.405. The lowest BCUT2D eigenvalue weighted by molar-refractivity contribution is 0.264. The summed E-state index contributed by atoms with van der Waals surface area (Å²) in [4.78, 5) is 5.05. The van der Waals surface area contributed by atoms with E-state index in [1.54, 1.807) is 24.0 Å². The molecule has 0 unspecified atom stereocenters. The zero-order chi connectivity index (χ0) is 8.81. The first-order valence-electron chi connectivity index (χ1n) is 3.55. The first-order chi connectivity index (χ1) is 5.86. The number of alkyl halides is 1. The molecule has 1 heterocycles. The number of hydrogen-bond donors (Lipinski definition) is 0. The molecule has 2 nitrogen and oxygen atoms in total. The average molecular weight is 187 g/mol. The van der Waals surface area contributed by atoms with Gasteiger partial charge in [-0.2, -0.15) is 0 Å². The molecule has 1 aromatic heterocycles. The van der Waals surface area contributed by atoms with Crippen molar-refractivity contribution in [1.82, 2.24) is 4.98 Å². The number of thioether (sulfide) groups is 1. The van der Waals surface area contributed by atoms with E-state index in [1.165, 1.54) is 0 Å². The summed E-state index contributed by atoms with van der Waals surface area (Å²) < 4.78 is 16.6. The molecule has 0 N–H and O–H groups in total. The predicted octanol–water partition coefficient (Wildman–Crippen LogP) is 2.15. The second-order valence-electron chi connectivity index (χ2n) is 2.07. The molecule has 0 saturated carbocycles. The first kappa shape index (κ1) is 9.32. The van der Waals surface area contributed by atoms with Gasteiger partial charge in [0.1, 0.15) is 13.3 Å². The largest absolute Gasteiger partial charge is 0.475 e. The number of ether oxygens (including phenoxy) is 1. The maximum absolute atomic E-state index is 11.7. The number of rotatable bonds is 4. The average Bonchev–Trinajstić information content (AvgIpc) is 2.15. The third-order valence-corrected chi connectivity index (χ3v) is 1.98. The second-order valence-corrected chi connectivity index (χ2v) is 2.95. The van der Waals surface area contributed by atoms with Gasteiger partial charge in [0.2, 0.25) is 5.88 Å². The van der Waals surface area contributed by atoms with Gasteiger partial charge in [-0.05, 0) is 12.3 Å². The third-order valence-electron chi connectivity index (χ3n) is 1.27. The molecule has 4 heteroatoms. The highest BCUT2D eigenvalue weighted by molar-refractivity contribution is 7.98. The van der Waals surface area contributed by atoms with Gasteiger partial charge in [-0.1, -0.05) is 0 Å². The second kappa shape index (κ2) is 4.98. The Morgan fingerprint density at radius 1 is 1.58 bits per heavy atom. The molecule has 0 fully saturated rings. The van der Waals surface area contributed by atoms with E-state index in [2.05, 4.69) is 4.98 Å². The van der Waals surface area contributed by atoms with Gasteiger partial charge in [0.15, 0.2) is 0 Å². The first-order valence-corrected chi connectivity index (χ1v) is 4.78. The highest BCUT2D eigenvalue weighted by atomic mass is 32.2. The minimum absolute atomic E-state index is 0.0750.